The van der Waals surface area contributed by atoms with Gasteiger partial charge in [0.25, 0.3) is 15.9 Å². The van der Waals surface area contributed by atoms with E-state index in [0.717, 1.165) is 30.2 Å². The summed E-state index contributed by atoms with van der Waals surface area (Å²) in [7, 11) is -2.35. The largest absolute Gasteiger partial charge is 0.493 e. The normalized spacial score (nSPS) is 16.3. The Morgan fingerprint density at radius 1 is 1.00 bits per heavy atom. The van der Waals surface area contributed by atoms with Crippen molar-refractivity contribution in [3.05, 3.63) is 59.0 Å². The number of hydrogen-bond acceptors (Lipinski definition) is 6. The molecule has 0 saturated carbocycles. The Labute approximate surface area is 212 Å². The number of likely N-dealkylation sites (N-methyl/N-ethyl adjacent to an activating group) is 1. The molecule has 1 aliphatic heterocycles. The number of unbranched alkanes of at least 4 members (excludes halogenated alkanes) is 4. The second-order valence-electron chi connectivity index (χ2n) is 8.00. The van der Waals surface area contributed by atoms with Crippen LogP contribution in [0.1, 0.15) is 51.5 Å². The standard InChI is InChI=1S/C26H32N2O5S2/c1-4-6-7-8-12-17-33-22-16-15-20(18-23(22)32-3)19-24-25(29)28(5-2)26(34-24)27-35(30,31)21-13-10-9-11-14-21/h9-11,13-16,18-19H,4-8,12,17H2,1-3H3/b24-19-,27-26?. The van der Waals surface area contributed by atoms with E-state index < -0.39 is 10.0 Å². The van der Waals surface area contributed by atoms with Gasteiger partial charge in [0, 0.05) is 6.54 Å². The molecule has 0 atom stereocenters. The quantitative estimate of drug-likeness (QED) is 0.265. The number of methoxy groups -OCH3 is 1. The second-order valence-corrected chi connectivity index (χ2v) is 10.6. The molecule has 2 aromatic carbocycles. The first kappa shape index (κ1) is 26.8. The fourth-order valence-electron chi connectivity index (χ4n) is 3.54. The lowest BCUT2D eigenvalue weighted by Crippen LogP contribution is -2.29. The molecule has 35 heavy (non-hydrogen) atoms. The Morgan fingerprint density at radius 3 is 2.43 bits per heavy atom. The number of amidine groups is 1. The fraction of sp³-hybridized carbons (Fsp3) is 0.385. The first-order chi connectivity index (χ1) is 16.9. The average molecular weight is 517 g/mol. The van der Waals surface area contributed by atoms with Crippen molar-refractivity contribution in [2.75, 3.05) is 20.3 Å². The van der Waals surface area contributed by atoms with Gasteiger partial charge in [-0.05, 0) is 61.0 Å². The molecular weight excluding hydrogens is 484 g/mol. The number of rotatable bonds is 12. The predicted molar refractivity (Wildman–Crippen MR) is 141 cm³/mol. The van der Waals surface area contributed by atoms with Gasteiger partial charge in [-0.1, -0.05) is 56.9 Å². The van der Waals surface area contributed by atoms with Crippen molar-refractivity contribution in [2.24, 2.45) is 4.40 Å². The molecular formula is C26H32N2O5S2. The van der Waals surface area contributed by atoms with E-state index in [0.29, 0.717) is 29.6 Å². The van der Waals surface area contributed by atoms with Crippen LogP contribution in [-0.2, 0) is 14.8 Å². The Hall–Kier alpha value is -2.78. The summed E-state index contributed by atoms with van der Waals surface area (Å²) in [5.74, 6) is 0.948. The van der Waals surface area contributed by atoms with E-state index in [1.807, 2.05) is 12.1 Å². The molecule has 1 fully saturated rings. The number of amides is 1. The van der Waals surface area contributed by atoms with Crippen LogP contribution in [0, 0.1) is 0 Å². The van der Waals surface area contributed by atoms with Crippen molar-refractivity contribution in [1.82, 2.24) is 4.90 Å². The maximum Gasteiger partial charge on any atom is 0.284 e. The minimum Gasteiger partial charge on any atom is -0.493 e. The smallest absolute Gasteiger partial charge is 0.284 e. The highest BCUT2D eigenvalue weighted by atomic mass is 32.2. The minimum absolute atomic E-state index is 0.0831. The van der Waals surface area contributed by atoms with E-state index in [2.05, 4.69) is 11.3 Å². The number of thioether (sulfide) groups is 1. The molecule has 1 saturated heterocycles. The lowest BCUT2D eigenvalue weighted by Gasteiger charge is -2.12. The molecule has 188 valence electrons. The van der Waals surface area contributed by atoms with Gasteiger partial charge in [0.1, 0.15) is 0 Å². The highest BCUT2D eigenvalue weighted by Crippen LogP contribution is 2.35. The van der Waals surface area contributed by atoms with Crippen LogP contribution in [0.5, 0.6) is 11.5 Å². The topological polar surface area (TPSA) is 85.3 Å². The monoisotopic (exact) mass is 516 g/mol. The van der Waals surface area contributed by atoms with Crippen LogP contribution in [0.3, 0.4) is 0 Å². The van der Waals surface area contributed by atoms with Crippen molar-refractivity contribution in [1.29, 1.82) is 0 Å². The summed E-state index contributed by atoms with van der Waals surface area (Å²) in [6.07, 6.45) is 7.49. The predicted octanol–water partition coefficient (Wildman–Crippen LogP) is 5.73. The lowest BCUT2D eigenvalue weighted by atomic mass is 10.1. The molecule has 9 heteroatoms. The fourth-order valence-corrected chi connectivity index (χ4v) is 5.80. The Balaban J connectivity index is 1.77. The number of carbonyl (C=O) groups excluding carboxylic acids is 1. The van der Waals surface area contributed by atoms with E-state index in [1.54, 1.807) is 44.4 Å². The van der Waals surface area contributed by atoms with Crippen LogP contribution in [0.4, 0.5) is 0 Å². The zero-order chi connectivity index (χ0) is 25.3. The number of benzene rings is 2. The van der Waals surface area contributed by atoms with Crippen molar-refractivity contribution in [2.45, 2.75) is 50.8 Å². The second kappa shape index (κ2) is 12.8. The molecule has 2 aromatic rings. The van der Waals surface area contributed by atoms with Gasteiger partial charge in [0.05, 0.1) is 23.5 Å². The molecule has 0 unspecified atom stereocenters. The number of hydrogen-bond donors (Lipinski definition) is 0. The Bertz CT molecular complexity index is 1180. The minimum atomic E-state index is -3.93. The average Bonchev–Trinajstić information content (AvgIpc) is 3.15. The van der Waals surface area contributed by atoms with E-state index in [9.17, 15) is 13.2 Å². The van der Waals surface area contributed by atoms with Gasteiger partial charge in [0.2, 0.25) is 0 Å². The summed E-state index contributed by atoms with van der Waals surface area (Å²) in [4.78, 5) is 14.8. The lowest BCUT2D eigenvalue weighted by molar-refractivity contribution is -0.122. The number of nitrogens with zero attached hydrogens (tertiary/aromatic N) is 2. The molecule has 3 rings (SSSR count). The molecule has 0 spiro atoms. The summed E-state index contributed by atoms with van der Waals surface area (Å²) < 4.78 is 40.8. The van der Waals surface area contributed by atoms with Crippen molar-refractivity contribution in [3.63, 3.8) is 0 Å². The van der Waals surface area contributed by atoms with Gasteiger partial charge >= 0.3 is 0 Å². The van der Waals surface area contributed by atoms with Gasteiger partial charge in [-0.15, -0.1) is 4.40 Å². The van der Waals surface area contributed by atoms with Gasteiger partial charge in [0.15, 0.2) is 16.7 Å². The molecule has 0 aromatic heterocycles. The van der Waals surface area contributed by atoms with Crippen molar-refractivity contribution in [3.8, 4) is 11.5 Å². The van der Waals surface area contributed by atoms with Gasteiger partial charge in [-0.3, -0.25) is 9.69 Å². The van der Waals surface area contributed by atoms with Crippen LogP contribution >= 0.6 is 11.8 Å². The first-order valence-electron chi connectivity index (χ1n) is 11.8. The third-order valence-corrected chi connectivity index (χ3v) is 7.84. The number of carbonyl (C=O) groups is 1. The molecule has 1 heterocycles. The summed E-state index contributed by atoms with van der Waals surface area (Å²) in [5, 5.41) is 0.141. The van der Waals surface area contributed by atoms with Crippen LogP contribution in [0.2, 0.25) is 0 Å². The zero-order valence-corrected chi connectivity index (χ0v) is 22.0. The van der Waals surface area contributed by atoms with Crippen molar-refractivity contribution < 1.29 is 22.7 Å². The third-order valence-electron chi connectivity index (χ3n) is 5.43. The molecule has 0 N–H and O–H groups in total. The first-order valence-corrected chi connectivity index (χ1v) is 14.1. The van der Waals surface area contributed by atoms with E-state index in [1.165, 1.54) is 36.3 Å². The molecule has 0 bridgehead atoms. The maximum absolute atomic E-state index is 12.9. The summed E-state index contributed by atoms with van der Waals surface area (Å²) in [6, 6.07) is 13.4. The van der Waals surface area contributed by atoms with E-state index in [-0.39, 0.29) is 16.0 Å². The third kappa shape index (κ3) is 7.11. The van der Waals surface area contributed by atoms with Crippen LogP contribution in [-0.4, -0.2) is 44.7 Å². The van der Waals surface area contributed by atoms with Crippen LogP contribution in [0.15, 0.2) is 62.7 Å². The molecule has 1 amide bonds. The zero-order valence-electron chi connectivity index (χ0n) is 20.4. The van der Waals surface area contributed by atoms with E-state index in [4.69, 9.17) is 9.47 Å². The molecule has 0 aliphatic carbocycles. The molecule has 0 radical (unpaired) electrons. The Morgan fingerprint density at radius 2 is 1.74 bits per heavy atom. The van der Waals surface area contributed by atoms with Crippen molar-refractivity contribution >= 4 is 38.9 Å². The molecule has 1 aliphatic rings. The van der Waals surface area contributed by atoms with Gasteiger partial charge in [-0.2, -0.15) is 8.42 Å². The molecule has 7 nitrogen and oxygen atoms in total. The number of sulfonamides is 1. The summed E-state index contributed by atoms with van der Waals surface area (Å²) in [6.45, 7) is 4.90. The summed E-state index contributed by atoms with van der Waals surface area (Å²) >= 11 is 1.05. The Kier molecular flexibility index (Phi) is 9.80. The number of ether oxygens (including phenoxy) is 2. The SMILES string of the molecule is CCCCCCCOc1ccc(/C=C2\SC(=NS(=O)(=O)c3ccccc3)N(CC)C2=O)cc1OC. The van der Waals surface area contributed by atoms with E-state index >= 15 is 0 Å². The van der Waals surface area contributed by atoms with Crippen LogP contribution < -0.4 is 9.47 Å². The highest BCUT2D eigenvalue weighted by Gasteiger charge is 2.34. The maximum atomic E-state index is 12.9. The van der Waals surface area contributed by atoms with Gasteiger partial charge < -0.3 is 9.47 Å². The van der Waals surface area contributed by atoms with Crippen LogP contribution in [0.25, 0.3) is 6.08 Å². The summed E-state index contributed by atoms with van der Waals surface area (Å²) in [5.41, 5.74) is 0.746. The van der Waals surface area contributed by atoms with Gasteiger partial charge in [-0.25, -0.2) is 0 Å². The highest BCUT2D eigenvalue weighted by molar-refractivity contribution is 8.19.